The van der Waals surface area contributed by atoms with Crippen LogP contribution in [0.1, 0.15) is 12.1 Å². The maximum Gasteiger partial charge on any atom is 0.217 e. The summed E-state index contributed by atoms with van der Waals surface area (Å²) in [5, 5.41) is 3.12. The zero-order chi connectivity index (χ0) is 11.4. The topological polar surface area (TPSA) is 71.1 Å². The number of sulfonamides is 1. The fraction of sp³-hybridized carbons (Fsp3) is 0.500. The van der Waals surface area contributed by atoms with Gasteiger partial charge in [0.1, 0.15) is 5.75 Å². The lowest BCUT2D eigenvalue weighted by atomic mass is 10.3. The molecule has 1 aromatic rings. The predicted molar refractivity (Wildman–Crippen MR) is 68.5 cm³/mol. The Morgan fingerprint density at radius 1 is 1.47 bits per heavy atom. The zero-order valence-corrected chi connectivity index (χ0v) is 10.9. The summed E-state index contributed by atoms with van der Waals surface area (Å²) in [6.45, 7) is 1.58. The molecule has 0 aliphatic carbocycles. The Labute approximate surface area is 107 Å². The Morgan fingerprint density at radius 2 is 2.29 bits per heavy atom. The van der Waals surface area contributed by atoms with E-state index >= 15 is 0 Å². The highest BCUT2D eigenvalue weighted by atomic mass is 35.5. The molecule has 1 saturated heterocycles. The summed E-state index contributed by atoms with van der Waals surface area (Å²) in [7, 11) is -3.27. The number of rotatable bonds is 4. The molecule has 2 rings (SSSR count). The van der Waals surface area contributed by atoms with Gasteiger partial charge in [0.05, 0.1) is 5.69 Å². The number of halogens is 1. The van der Waals surface area contributed by atoms with Crippen molar-refractivity contribution in [3.05, 3.63) is 30.1 Å². The summed E-state index contributed by atoms with van der Waals surface area (Å²) in [5.41, 5.74) is 0.570. The molecule has 7 heteroatoms. The number of pyridine rings is 1. The molecule has 0 saturated carbocycles. The van der Waals surface area contributed by atoms with Crippen molar-refractivity contribution >= 4 is 22.4 Å². The van der Waals surface area contributed by atoms with Gasteiger partial charge >= 0.3 is 0 Å². The van der Waals surface area contributed by atoms with E-state index < -0.39 is 10.0 Å². The summed E-state index contributed by atoms with van der Waals surface area (Å²) in [4.78, 5) is 4.00. The minimum absolute atomic E-state index is 0. The van der Waals surface area contributed by atoms with E-state index in [0.717, 1.165) is 13.0 Å². The standard InChI is InChI=1S/C10H15N3O2S.ClH/c14-16(15,13-9-4-6-11-7-9)8-10-3-1-2-5-12-10;/h1-3,5,9,11,13H,4,6-8H2;1H/t9-;/m1./s1. The van der Waals surface area contributed by atoms with Crippen molar-refractivity contribution in [3.63, 3.8) is 0 Å². The van der Waals surface area contributed by atoms with Crippen LogP contribution in [-0.2, 0) is 15.8 Å². The molecule has 2 heterocycles. The average Bonchev–Trinajstić information content (AvgIpc) is 2.70. The molecule has 1 atom stereocenters. The van der Waals surface area contributed by atoms with Crippen LogP contribution in [0.25, 0.3) is 0 Å². The molecule has 1 aromatic heterocycles. The maximum absolute atomic E-state index is 11.8. The maximum atomic E-state index is 11.8. The van der Waals surface area contributed by atoms with Crippen molar-refractivity contribution in [2.75, 3.05) is 13.1 Å². The molecule has 96 valence electrons. The van der Waals surface area contributed by atoms with Gasteiger partial charge in [-0.25, -0.2) is 13.1 Å². The highest BCUT2D eigenvalue weighted by Gasteiger charge is 2.21. The summed E-state index contributed by atoms with van der Waals surface area (Å²) in [6, 6.07) is 5.29. The lowest BCUT2D eigenvalue weighted by Crippen LogP contribution is -2.37. The molecule has 0 amide bonds. The van der Waals surface area contributed by atoms with Crippen molar-refractivity contribution in [1.29, 1.82) is 0 Å². The normalized spacial score (nSPS) is 19.9. The van der Waals surface area contributed by atoms with Crippen LogP contribution in [0, 0.1) is 0 Å². The lowest BCUT2D eigenvalue weighted by molar-refractivity contribution is 0.558. The molecule has 5 nitrogen and oxygen atoms in total. The number of hydrogen-bond acceptors (Lipinski definition) is 4. The quantitative estimate of drug-likeness (QED) is 0.830. The van der Waals surface area contributed by atoms with Gasteiger partial charge in [0.2, 0.25) is 10.0 Å². The molecule has 17 heavy (non-hydrogen) atoms. The van der Waals surface area contributed by atoms with Crippen LogP contribution in [0.2, 0.25) is 0 Å². The Hall–Kier alpha value is -0.690. The third-order valence-electron chi connectivity index (χ3n) is 2.47. The van der Waals surface area contributed by atoms with Gasteiger partial charge in [-0.15, -0.1) is 12.4 Å². The van der Waals surface area contributed by atoms with E-state index in [9.17, 15) is 8.42 Å². The first-order valence-electron chi connectivity index (χ1n) is 5.26. The van der Waals surface area contributed by atoms with Gasteiger partial charge in [0.25, 0.3) is 0 Å². The molecule has 1 aliphatic heterocycles. The minimum Gasteiger partial charge on any atom is -0.315 e. The van der Waals surface area contributed by atoms with Gasteiger partial charge in [0, 0.05) is 18.8 Å². The van der Waals surface area contributed by atoms with Gasteiger partial charge in [-0.2, -0.15) is 0 Å². The van der Waals surface area contributed by atoms with Crippen LogP contribution < -0.4 is 10.0 Å². The van der Waals surface area contributed by atoms with Gasteiger partial charge in [-0.05, 0) is 25.1 Å². The summed E-state index contributed by atoms with van der Waals surface area (Å²) in [5.74, 6) is -0.0513. The van der Waals surface area contributed by atoms with Crippen molar-refractivity contribution in [2.24, 2.45) is 0 Å². The Balaban J connectivity index is 0.00000144. The average molecular weight is 278 g/mol. The molecule has 0 radical (unpaired) electrons. The molecule has 0 bridgehead atoms. The molecule has 0 aromatic carbocycles. The van der Waals surface area contributed by atoms with Crippen molar-refractivity contribution < 1.29 is 8.42 Å². The fourth-order valence-electron chi connectivity index (χ4n) is 1.73. The molecule has 1 fully saturated rings. The Morgan fingerprint density at radius 3 is 2.88 bits per heavy atom. The third kappa shape index (κ3) is 4.59. The molecule has 1 aliphatic rings. The summed E-state index contributed by atoms with van der Waals surface area (Å²) < 4.78 is 26.2. The predicted octanol–water partition coefficient (Wildman–Crippen LogP) is 0.285. The van der Waals surface area contributed by atoms with E-state index in [4.69, 9.17) is 0 Å². The van der Waals surface area contributed by atoms with E-state index in [2.05, 4.69) is 15.0 Å². The fourth-order valence-corrected chi connectivity index (χ4v) is 3.08. The first-order valence-corrected chi connectivity index (χ1v) is 6.91. The number of aromatic nitrogens is 1. The van der Waals surface area contributed by atoms with E-state index in [1.54, 1.807) is 24.4 Å². The largest absolute Gasteiger partial charge is 0.315 e. The number of hydrogen-bond donors (Lipinski definition) is 2. The Bertz CT molecular complexity index is 432. The molecule has 2 N–H and O–H groups in total. The van der Waals surface area contributed by atoms with E-state index in [0.29, 0.717) is 12.2 Å². The van der Waals surface area contributed by atoms with E-state index in [1.165, 1.54) is 0 Å². The molecular formula is C10H16ClN3O2S. The van der Waals surface area contributed by atoms with Crippen molar-refractivity contribution in [3.8, 4) is 0 Å². The van der Waals surface area contributed by atoms with Crippen LogP contribution >= 0.6 is 12.4 Å². The van der Waals surface area contributed by atoms with Crippen molar-refractivity contribution in [2.45, 2.75) is 18.2 Å². The van der Waals surface area contributed by atoms with Gasteiger partial charge in [-0.3, -0.25) is 4.98 Å². The highest BCUT2D eigenvalue weighted by Crippen LogP contribution is 2.04. The second kappa shape index (κ2) is 6.30. The molecule has 0 unspecified atom stereocenters. The highest BCUT2D eigenvalue weighted by molar-refractivity contribution is 7.88. The second-order valence-corrected chi connectivity index (χ2v) is 5.64. The van der Waals surface area contributed by atoms with Gasteiger partial charge in [-0.1, -0.05) is 6.07 Å². The lowest BCUT2D eigenvalue weighted by Gasteiger charge is -2.11. The first kappa shape index (κ1) is 14.4. The summed E-state index contributed by atoms with van der Waals surface area (Å²) >= 11 is 0. The monoisotopic (exact) mass is 277 g/mol. The van der Waals surface area contributed by atoms with Crippen LogP contribution in [0.15, 0.2) is 24.4 Å². The minimum atomic E-state index is -3.27. The van der Waals surface area contributed by atoms with E-state index in [-0.39, 0.29) is 24.2 Å². The number of nitrogens with one attached hydrogen (secondary N) is 2. The van der Waals surface area contributed by atoms with Crippen LogP contribution in [0.5, 0.6) is 0 Å². The molecule has 0 spiro atoms. The SMILES string of the molecule is Cl.O=S(=O)(Cc1ccccn1)N[C@@H]1CCNC1. The van der Waals surface area contributed by atoms with Crippen LogP contribution in [0.3, 0.4) is 0 Å². The van der Waals surface area contributed by atoms with E-state index in [1.807, 2.05) is 0 Å². The zero-order valence-electron chi connectivity index (χ0n) is 9.30. The molecular weight excluding hydrogens is 262 g/mol. The van der Waals surface area contributed by atoms with Crippen molar-refractivity contribution in [1.82, 2.24) is 15.0 Å². The first-order chi connectivity index (χ1) is 7.66. The van der Waals surface area contributed by atoms with Crippen LogP contribution in [-0.4, -0.2) is 32.5 Å². The third-order valence-corrected chi connectivity index (χ3v) is 3.84. The summed E-state index contributed by atoms with van der Waals surface area (Å²) in [6.07, 6.45) is 2.45. The number of nitrogens with zero attached hydrogens (tertiary/aromatic N) is 1. The smallest absolute Gasteiger partial charge is 0.217 e. The second-order valence-electron chi connectivity index (χ2n) is 3.89. The Kier molecular flexibility index (Phi) is 5.32. The van der Waals surface area contributed by atoms with Gasteiger partial charge in [0.15, 0.2) is 0 Å². The van der Waals surface area contributed by atoms with Crippen LogP contribution in [0.4, 0.5) is 0 Å². The van der Waals surface area contributed by atoms with Gasteiger partial charge < -0.3 is 5.32 Å².